The third-order valence-electron chi connectivity index (χ3n) is 3.12. The largest absolute Gasteiger partial charge is 0.419 e. The van der Waals surface area contributed by atoms with Gasteiger partial charge in [0.05, 0.1) is 4.90 Å². The van der Waals surface area contributed by atoms with Crippen molar-refractivity contribution in [1.29, 1.82) is 0 Å². The van der Waals surface area contributed by atoms with E-state index in [0.717, 1.165) is 5.39 Å². The molecular formula is C14H13F3O4S. The minimum Gasteiger partial charge on any atom is -0.379 e. The molecule has 0 heterocycles. The van der Waals surface area contributed by atoms with Gasteiger partial charge in [0.15, 0.2) is 5.60 Å². The van der Waals surface area contributed by atoms with Crippen LogP contribution in [-0.4, -0.2) is 31.9 Å². The Hall–Kier alpha value is -1.64. The Morgan fingerprint density at radius 2 is 1.68 bits per heavy atom. The first-order chi connectivity index (χ1) is 10.0. The van der Waals surface area contributed by atoms with Gasteiger partial charge in [-0.05, 0) is 29.8 Å². The fraction of sp³-hybridized carbons (Fsp3) is 0.286. The second-order valence-electron chi connectivity index (χ2n) is 5.00. The van der Waals surface area contributed by atoms with Crippen molar-refractivity contribution < 1.29 is 30.9 Å². The fourth-order valence-electron chi connectivity index (χ4n) is 1.67. The SMILES string of the molecule is CC(O)(COS(=O)(=O)c1ccc2ccccc2c1)C(F)(F)F. The zero-order valence-electron chi connectivity index (χ0n) is 11.5. The molecule has 22 heavy (non-hydrogen) atoms. The second-order valence-corrected chi connectivity index (χ2v) is 6.61. The molecule has 0 aliphatic heterocycles. The molecule has 4 nitrogen and oxygen atoms in total. The zero-order chi connectivity index (χ0) is 16.6. The molecule has 0 fully saturated rings. The summed E-state index contributed by atoms with van der Waals surface area (Å²) < 4.78 is 65.7. The summed E-state index contributed by atoms with van der Waals surface area (Å²) in [6, 6.07) is 11.0. The van der Waals surface area contributed by atoms with Crippen LogP contribution < -0.4 is 0 Å². The Morgan fingerprint density at radius 3 is 2.27 bits per heavy atom. The average Bonchev–Trinajstić information content (AvgIpc) is 2.44. The van der Waals surface area contributed by atoms with Crippen molar-refractivity contribution >= 4 is 20.9 Å². The molecule has 0 bridgehead atoms. The van der Waals surface area contributed by atoms with E-state index in [-0.39, 0.29) is 4.90 Å². The molecule has 2 aromatic carbocycles. The van der Waals surface area contributed by atoms with E-state index >= 15 is 0 Å². The van der Waals surface area contributed by atoms with Crippen LogP contribution in [0.25, 0.3) is 10.8 Å². The summed E-state index contributed by atoms with van der Waals surface area (Å²) in [6.07, 6.45) is -4.99. The number of hydrogen-bond acceptors (Lipinski definition) is 4. The van der Waals surface area contributed by atoms with Gasteiger partial charge in [-0.25, -0.2) is 0 Å². The van der Waals surface area contributed by atoms with Gasteiger partial charge in [-0.15, -0.1) is 0 Å². The highest BCUT2D eigenvalue weighted by atomic mass is 32.2. The van der Waals surface area contributed by atoms with E-state index in [1.54, 1.807) is 24.3 Å². The smallest absolute Gasteiger partial charge is 0.379 e. The third-order valence-corrected chi connectivity index (χ3v) is 4.37. The number of rotatable bonds is 4. The van der Waals surface area contributed by atoms with Crippen LogP contribution in [-0.2, 0) is 14.3 Å². The minimum atomic E-state index is -4.99. The molecule has 120 valence electrons. The molecule has 0 radical (unpaired) electrons. The topological polar surface area (TPSA) is 63.6 Å². The quantitative estimate of drug-likeness (QED) is 0.874. The van der Waals surface area contributed by atoms with E-state index in [1.807, 2.05) is 0 Å². The van der Waals surface area contributed by atoms with Crippen LogP contribution in [0.4, 0.5) is 13.2 Å². The molecular weight excluding hydrogens is 321 g/mol. The maximum Gasteiger partial charge on any atom is 0.419 e. The zero-order valence-corrected chi connectivity index (χ0v) is 12.3. The molecule has 1 unspecified atom stereocenters. The van der Waals surface area contributed by atoms with Crippen molar-refractivity contribution in [2.24, 2.45) is 0 Å². The van der Waals surface area contributed by atoms with Crippen molar-refractivity contribution in [3.63, 3.8) is 0 Å². The fourth-order valence-corrected chi connectivity index (χ4v) is 2.69. The van der Waals surface area contributed by atoms with Crippen LogP contribution in [0, 0.1) is 0 Å². The van der Waals surface area contributed by atoms with E-state index in [1.165, 1.54) is 18.2 Å². The normalized spacial score (nSPS) is 15.7. The van der Waals surface area contributed by atoms with Gasteiger partial charge >= 0.3 is 6.18 Å². The summed E-state index contributed by atoms with van der Waals surface area (Å²) in [6.45, 7) is -0.964. The Kier molecular flexibility index (Phi) is 4.20. The highest BCUT2D eigenvalue weighted by Crippen LogP contribution is 2.31. The number of fused-ring (bicyclic) bond motifs is 1. The van der Waals surface area contributed by atoms with E-state index in [0.29, 0.717) is 12.3 Å². The van der Waals surface area contributed by atoms with Crippen LogP contribution in [0.5, 0.6) is 0 Å². The third kappa shape index (κ3) is 3.40. The van der Waals surface area contributed by atoms with Crippen molar-refractivity contribution in [2.75, 3.05) is 6.61 Å². The van der Waals surface area contributed by atoms with Gasteiger partial charge in [0.25, 0.3) is 10.1 Å². The summed E-state index contributed by atoms with van der Waals surface area (Å²) in [5, 5.41) is 10.6. The first-order valence-corrected chi connectivity index (χ1v) is 7.61. The van der Waals surface area contributed by atoms with E-state index < -0.39 is 28.5 Å². The minimum absolute atomic E-state index is 0.274. The van der Waals surface area contributed by atoms with E-state index in [4.69, 9.17) is 0 Å². The van der Waals surface area contributed by atoms with Crippen LogP contribution in [0.3, 0.4) is 0 Å². The molecule has 0 aliphatic carbocycles. The number of halogens is 3. The lowest BCUT2D eigenvalue weighted by atomic mass is 10.1. The Balaban J connectivity index is 2.26. The number of hydrogen-bond donors (Lipinski definition) is 1. The molecule has 0 saturated heterocycles. The van der Waals surface area contributed by atoms with Gasteiger partial charge in [0.2, 0.25) is 0 Å². The summed E-state index contributed by atoms with van der Waals surface area (Å²) in [5.41, 5.74) is -3.25. The van der Waals surface area contributed by atoms with Gasteiger partial charge < -0.3 is 5.11 Å². The predicted octanol–water partition coefficient (Wildman–Crippen LogP) is 2.86. The molecule has 1 atom stereocenters. The Morgan fingerprint density at radius 1 is 1.09 bits per heavy atom. The van der Waals surface area contributed by atoms with Gasteiger partial charge in [-0.3, -0.25) is 4.18 Å². The van der Waals surface area contributed by atoms with Gasteiger partial charge in [0, 0.05) is 0 Å². The molecule has 0 spiro atoms. The van der Waals surface area contributed by atoms with Crippen LogP contribution >= 0.6 is 0 Å². The Labute approximate surface area is 125 Å². The lowest BCUT2D eigenvalue weighted by Gasteiger charge is -2.25. The summed E-state index contributed by atoms with van der Waals surface area (Å²) in [4.78, 5) is -0.274. The van der Waals surface area contributed by atoms with E-state index in [9.17, 15) is 26.7 Å². The molecule has 1 N–H and O–H groups in total. The summed E-state index contributed by atoms with van der Waals surface area (Å²) in [7, 11) is -4.41. The lowest BCUT2D eigenvalue weighted by molar-refractivity contribution is -0.260. The van der Waals surface area contributed by atoms with Crippen LogP contribution in [0.2, 0.25) is 0 Å². The second kappa shape index (κ2) is 5.53. The van der Waals surface area contributed by atoms with Gasteiger partial charge in [-0.2, -0.15) is 21.6 Å². The van der Waals surface area contributed by atoms with Crippen LogP contribution in [0.15, 0.2) is 47.4 Å². The first-order valence-electron chi connectivity index (χ1n) is 6.20. The average molecular weight is 334 g/mol. The van der Waals surface area contributed by atoms with Crippen molar-refractivity contribution in [1.82, 2.24) is 0 Å². The van der Waals surface area contributed by atoms with Gasteiger partial charge in [-0.1, -0.05) is 30.3 Å². The Bertz CT molecular complexity index is 782. The maximum atomic E-state index is 12.5. The monoisotopic (exact) mass is 334 g/mol. The first kappa shape index (κ1) is 16.7. The summed E-state index contributed by atoms with van der Waals surface area (Å²) >= 11 is 0. The molecule has 0 aromatic heterocycles. The van der Waals surface area contributed by atoms with E-state index in [2.05, 4.69) is 4.18 Å². The van der Waals surface area contributed by atoms with Crippen molar-refractivity contribution in [3.8, 4) is 0 Å². The molecule has 0 saturated carbocycles. The standard InChI is InChI=1S/C14H13F3O4S/c1-13(18,14(15,16)17)9-21-22(19,20)12-7-6-10-4-2-3-5-11(10)8-12/h2-8,18H,9H2,1H3. The highest BCUT2D eigenvalue weighted by molar-refractivity contribution is 7.86. The predicted molar refractivity (Wildman–Crippen MR) is 73.8 cm³/mol. The van der Waals surface area contributed by atoms with Crippen LogP contribution in [0.1, 0.15) is 6.92 Å². The number of alkyl halides is 3. The molecule has 0 amide bonds. The molecule has 8 heteroatoms. The molecule has 0 aliphatic rings. The van der Waals surface area contributed by atoms with Crippen molar-refractivity contribution in [3.05, 3.63) is 42.5 Å². The number of benzene rings is 2. The molecule has 2 aromatic rings. The highest BCUT2D eigenvalue weighted by Gasteiger charge is 2.51. The molecule has 2 rings (SSSR count). The maximum absolute atomic E-state index is 12.5. The van der Waals surface area contributed by atoms with Crippen molar-refractivity contribution in [2.45, 2.75) is 23.6 Å². The number of aliphatic hydroxyl groups is 1. The van der Waals surface area contributed by atoms with Gasteiger partial charge in [0.1, 0.15) is 6.61 Å². The summed E-state index contributed by atoms with van der Waals surface area (Å²) in [5.74, 6) is 0. The lowest BCUT2D eigenvalue weighted by Crippen LogP contribution is -2.46.